The van der Waals surface area contributed by atoms with Crippen LogP contribution in [0.15, 0.2) is 12.2 Å². The van der Waals surface area contributed by atoms with E-state index >= 15 is 0 Å². The lowest BCUT2D eigenvalue weighted by atomic mass is 9.91. The monoisotopic (exact) mass is 713 g/mol. The summed E-state index contributed by atoms with van der Waals surface area (Å²) in [5.41, 5.74) is 0. The molecule has 0 amide bonds. The minimum Gasteiger partial charge on any atom is -0.481 e. The highest BCUT2D eigenvalue weighted by atomic mass is 16.5. The van der Waals surface area contributed by atoms with Crippen LogP contribution in [0.1, 0.15) is 206 Å². The van der Waals surface area contributed by atoms with Gasteiger partial charge in [0.15, 0.2) is 0 Å². The van der Waals surface area contributed by atoms with Crippen LogP contribution >= 0.6 is 0 Å². The van der Waals surface area contributed by atoms with Gasteiger partial charge in [-0.1, -0.05) is 167 Å². The van der Waals surface area contributed by atoms with Crippen LogP contribution in [0.4, 0.5) is 0 Å². The Morgan fingerprint density at radius 2 is 1.02 bits per heavy atom. The van der Waals surface area contributed by atoms with Crippen LogP contribution in [0.3, 0.4) is 0 Å². The van der Waals surface area contributed by atoms with Crippen LogP contribution in [0.25, 0.3) is 0 Å². The second-order valence-corrected chi connectivity index (χ2v) is 14.8. The van der Waals surface area contributed by atoms with Crippen LogP contribution in [-0.2, 0) is 14.3 Å². The Bertz CT molecular complexity index is 788. The van der Waals surface area contributed by atoms with E-state index in [1.54, 1.807) is 0 Å². The van der Waals surface area contributed by atoms with Crippen molar-refractivity contribution in [1.82, 2.24) is 0 Å². The molecular weight excluding hydrogens is 632 g/mol. The van der Waals surface area contributed by atoms with Gasteiger partial charge in [-0.25, -0.2) is 0 Å². The number of aliphatic carboxylic acids is 2. The fourth-order valence-corrected chi connectivity index (χ4v) is 6.66. The van der Waals surface area contributed by atoms with Crippen LogP contribution in [0, 0.1) is 5.92 Å². The van der Waals surface area contributed by atoms with E-state index in [1.807, 2.05) is 0 Å². The first-order valence-corrected chi connectivity index (χ1v) is 21.0. The lowest BCUT2D eigenvalue weighted by Gasteiger charge is -2.23. The fourth-order valence-electron chi connectivity index (χ4n) is 6.66. The summed E-state index contributed by atoms with van der Waals surface area (Å²) in [6.45, 7) is 4.48. The number of ether oxygens (including phenoxy) is 1. The summed E-state index contributed by atoms with van der Waals surface area (Å²) in [7, 11) is 0. The zero-order chi connectivity index (χ0) is 37.1. The fraction of sp³-hybridized carbons (Fsp3) is 0.905. The van der Waals surface area contributed by atoms with Gasteiger partial charge in [0.25, 0.3) is 0 Å². The number of aliphatic hydroxyl groups excluding tert-OH is 3. The summed E-state index contributed by atoms with van der Waals surface area (Å²) in [4.78, 5) is 21.8. The summed E-state index contributed by atoms with van der Waals surface area (Å²) in [6.07, 6.45) is 35.3. The molecular formula is C42H80O8. The van der Waals surface area contributed by atoms with Crippen molar-refractivity contribution in [2.24, 2.45) is 5.92 Å². The highest BCUT2D eigenvalue weighted by Gasteiger charge is 2.40. The van der Waals surface area contributed by atoms with Crippen LogP contribution < -0.4 is 0 Å². The quantitative estimate of drug-likeness (QED) is 0.0327. The van der Waals surface area contributed by atoms with E-state index in [9.17, 15) is 30.0 Å². The third kappa shape index (κ3) is 30.2. The van der Waals surface area contributed by atoms with Gasteiger partial charge >= 0.3 is 11.9 Å². The van der Waals surface area contributed by atoms with Crippen molar-refractivity contribution in [3.05, 3.63) is 12.2 Å². The number of hydrogen-bond donors (Lipinski definition) is 5. The molecule has 0 saturated carbocycles. The van der Waals surface area contributed by atoms with Gasteiger partial charge in [0.1, 0.15) is 18.3 Å². The molecule has 296 valence electrons. The summed E-state index contributed by atoms with van der Waals surface area (Å²) >= 11 is 0. The summed E-state index contributed by atoms with van der Waals surface area (Å²) in [5, 5.41) is 47.4. The van der Waals surface area contributed by atoms with Crippen molar-refractivity contribution in [3.63, 3.8) is 0 Å². The number of unbranched alkanes of at least 4 members (excludes halogenated alkanes) is 24. The maximum Gasteiger partial charge on any atom is 0.306 e. The number of aliphatic hydroxyl groups is 3. The second-order valence-electron chi connectivity index (χ2n) is 14.8. The largest absolute Gasteiger partial charge is 0.481 e. The summed E-state index contributed by atoms with van der Waals surface area (Å²) in [5.74, 6) is -2.25. The summed E-state index contributed by atoms with van der Waals surface area (Å²) in [6, 6.07) is 0. The maximum absolute atomic E-state index is 11.5. The van der Waals surface area contributed by atoms with Gasteiger partial charge in [-0.05, 0) is 44.9 Å². The van der Waals surface area contributed by atoms with Gasteiger partial charge in [0.2, 0.25) is 0 Å². The molecule has 0 radical (unpaired) electrons. The average molecular weight is 713 g/mol. The third-order valence-electron chi connectivity index (χ3n) is 10.0. The van der Waals surface area contributed by atoms with Crippen molar-refractivity contribution in [3.8, 4) is 0 Å². The molecule has 1 aliphatic rings. The smallest absolute Gasteiger partial charge is 0.306 e. The number of hydrogen-bond acceptors (Lipinski definition) is 6. The standard InChI is InChI=1S/C24H44O6.C18H36O2/c1-2-3-4-5-6-7-8-9-10-11-12-13-14-15-16-19(24(28)29)17-20(25)23-22(27)21(26)18-30-23;1-2-3-4-5-6-7-8-9-10-11-12-13-14-15-16-17-18(19)20/h9-10,19-23,25-27H,2-8,11-18H2,1H3,(H,28,29);2-17H2,1H3,(H,19,20)/b10-9-;/t19?,20-,21+,22-,23-;/m1./s1. The molecule has 8 nitrogen and oxygen atoms in total. The third-order valence-corrected chi connectivity index (χ3v) is 10.0. The first-order valence-electron chi connectivity index (χ1n) is 21.0. The van der Waals surface area contributed by atoms with Gasteiger partial charge in [0, 0.05) is 6.42 Å². The molecule has 0 aromatic rings. The summed E-state index contributed by atoms with van der Waals surface area (Å²) < 4.78 is 5.20. The highest BCUT2D eigenvalue weighted by Crippen LogP contribution is 2.25. The number of carboxylic acid groups (broad SMARTS) is 2. The number of rotatable bonds is 34. The molecule has 0 aliphatic carbocycles. The van der Waals surface area contributed by atoms with E-state index in [0.717, 1.165) is 44.9 Å². The van der Waals surface area contributed by atoms with E-state index in [-0.39, 0.29) is 13.0 Å². The molecule has 0 aromatic heterocycles. The van der Waals surface area contributed by atoms with Gasteiger partial charge in [-0.3, -0.25) is 9.59 Å². The van der Waals surface area contributed by atoms with Gasteiger partial charge < -0.3 is 30.3 Å². The van der Waals surface area contributed by atoms with Crippen molar-refractivity contribution in [2.45, 2.75) is 231 Å². The van der Waals surface area contributed by atoms with E-state index in [2.05, 4.69) is 26.0 Å². The van der Waals surface area contributed by atoms with Gasteiger partial charge in [-0.2, -0.15) is 0 Å². The van der Waals surface area contributed by atoms with Crippen molar-refractivity contribution < 1.29 is 39.9 Å². The lowest BCUT2D eigenvalue weighted by molar-refractivity contribution is -0.144. The second kappa shape index (κ2) is 35.9. The molecule has 1 saturated heterocycles. The predicted octanol–water partition coefficient (Wildman–Crippen LogP) is 10.5. The predicted molar refractivity (Wildman–Crippen MR) is 206 cm³/mol. The molecule has 1 rings (SSSR count). The Hall–Kier alpha value is -1.48. The van der Waals surface area contributed by atoms with E-state index in [0.29, 0.717) is 12.8 Å². The molecule has 0 spiro atoms. The number of carbonyl (C=O) groups is 2. The molecule has 5 N–H and O–H groups in total. The molecule has 1 aliphatic heterocycles. The van der Waals surface area contributed by atoms with Crippen LogP contribution in [0.5, 0.6) is 0 Å². The normalized spacial score (nSPS) is 18.6. The topological polar surface area (TPSA) is 145 Å². The van der Waals surface area contributed by atoms with Crippen molar-refractivity contribution in [2.75, 3.05) is 6.61 Å². The Morgan fingerprint density at radius 3 is 1.40 bits per heavy atom. The minimum atomic E-state index is -1.16. The molecule has 5 atom stereocenters. The van der Waals surface area contributed by atoms with Gasteiger partial charge in [0.05, 0.1) is 18.6 Å². The maximum atomic E-state index is 11.5. The van der Waals surface area contributed by atoms with E-state index in [1.165, 1.54) is 128 Å². The zero-order valence-corrected chi connectivity index (χ0v) is 32.4. The Morgan fingerprint density at radius 1 is 0.620 bits per heavy atom. The lowest BCUT2D eigenvalue weighted by Crippen LogP contribution is -2.40. The molecule has 8 heteroatoms. The molecule has 1 heterocycles. The highest BCUT2D eigenvalue weighted by molar-refractivity contribution is 5.70. The molecule has 1 unspecified atom stereocenters. The molecule has 1 fully saturated rings. The first-order chi connectivity index (χ1) is 24.2. The van der Waals surface area contributed by atoms with E-state index in [4.69, 9.17) is 9.84 Å². The SMILES string of the molecule is CCCCCCCC/C=C\CCCCCCC(C[C@@H](O)[C@H]1OC[C@H](O)[C@H]1O)C(=O)O.CCCCCCCCCCCCCCCCCC(=O)O. The first kappa shape index (κ1) is 48.5. The Labute approximate surface area is 306 Å². The molecule has 0 aromatic carbocycles. The van der Waals surface area contributed by atoms with Gasteiger partial charge in [-0.15, -0.1) is 0 Å². The Kier molecular flexibility index (Phi) is 34.8. The molecule has 50 heavy (non-hydrogen) atoms. The average Bonchev–Trinajstić information content (AvgIpc) is 3.43. The number of carboxylic acids is 2. The Balaban J connectivity index is 0.00000105. The van der Waals surface area contributed by atoms with Crippen LogP contribution in [0.2, 0.25) is 0 Å². The minimum absolute atomic E-state index is 0.0327. The van der Waals surface area contributed by atoms with E-state index < -0.39 is 42.3 Å². The molecule has 0 bridgehead atoms. The zero-order valence-electron chi connectivity index (χ0n) is 32.4. The van der Waals surface area contributed by atoms with Crippen LogP contribution in [-0.4, -0.2) is 68.5 Å². The van der Waals surface area contributed by atoms with Crippen molar-refractivity contribution >= 4 is 11.9 Å². The number of allylic oxidation sites excluding steroid dienone is 2. The van der Waals surface area contributed by atoms with Crippen molar-refractivity contribution in [1.29, 1.82) is 0 Å².